The Kier molecular flexibility index (Phi) is 8.38. The number of ketones is 1. The SMILES string of the molecule is CC(=O)[C@H](C)CP(=O)(NCc1cccnc1)OC[C@H]1O[C@@H](n2ccc(=O)[nH]c2=O)[C@@](F)(Br)C1O. The molecule has 11 nitrogen and oxygen atoms in total. The highest BCUT2D eigenvalue weighted by Gasteiger charge is 2.57. The van der Waals surface area contributed by atoms with Crippen LogP contribution in [0.3, 0.4) is 0 Å². The normalized spacial score (nSPS) is 27.3. The number of pyridine rings is 1. The Morgan fingerprint density at radius 1 is 1.50 bits per heavy atom. The number of carbonyl (C=O) groups excluding carboxylic acids is 1. The average molecular weight is 563 g/mol. The minimum atomic E-state index is -3.67. The lowest BCUT2D eigenvalue weighted by atomic mass is 10.1. The van der Waals surface area contributed by atoms with E-state index in [4.69, 9.17) is 9.26 Å². The fourth-order valence-electron chi connectivity index (χ4n) is 3.28. The van der Waals surface area contributed by atoms with Gasteiger partial charge in [-0.25, -0.2) is 14.3 Å². The molecule has 0 aliphatic carbocycles. The second-order valence-electron chi connectivity index (χ2n) is 8.02. The minimum Gasteiger partial charge on any atom is -0.386 e. The quantitative estimate of drug-likeness (QED) is 0.288. The molecule has 1 saturated heterocycles. The number of nitrogens with one attached hydrogen (secondary N) is 2. The number of halogens is 2. The van der Waals surface area contributed by atoms with E-state index in [1.165, 1.54) is 6.92 Å². The molecule has 0 bridgehead atoms. The van der Waals surface area contributed by atoms with Gasteiger partial charge in [0.1, 0.15) is 18.0 Å². The minimum absolute atomic E-state index is 0.130. The second-order valence-corrected chi connectivity index (χ2v) is 11.5. The van der Waals surface area contributed by atoms with E-state index in [1.54, 1.807) is 31.5 Å². The average Bonchev–Trinajstić information content (AvgIpc) is 3.00. The lowest BCUT2D eigenvalue weighted by Crippen LogP contribution is -2.41. The van der Waals surface area contributed by atoms with Gasteiger partial charge < -0.3 is 14.4 Å². The molecule has 34 heavy (non-hydrogen) atoms. The van der Waals surface area contributed by atoms with E-state index in [0.717, 1.165) is 22.4 Å². The third kappa shape index (κ3) is 6.15. The van der Waals surface area contributed by atoms with Gasteiger partial charge in [0, 0.05) is 43.3 Å². The van der Waals surface area contributed by atoms with Crippen LogP contribution in [0.2, 0.25) is 0 Å². The van der Waals surface area contributed by atoms with Gasteiger partial charge in [0.15, 0.2) is 6.23 Å². The number of carbonyl (C=O) groups is 1. The third-order valence-corrected chi connectivity index (χ3v) is 8.48. The van der Waals surface area contributed by atoms with Crippen molar-refractivity contribution in [2.24, 2.45) is 5.92 Å². The molecule has 2 aromatic rings. The van der Waals surface area contributed by atoms with Gasteiger partial charge in [-0.05, 0) is 34.5 Å². The topological polar surface area (TPSA) is 153 Å². The number of H-pyrrole nitrogens is 1. The molecular weight excluding hydrogens is 538 g/mol. The molecule has 3 heterocycles. The molecule has 14 heteroatoms. The summed E-state index contributed by atoms with van der Waals surface area (Å²) >= 11 is 2.76. The first kappa shape index (κ1) is 26.6. The van der Waals surface area contributed by atoms with E-state index in [0.29, 0.717) is 0 Å². The molecule has 1 aliphatic rings. The number of nitrogens with zero attached hydrogens (tertiary/aromatic N) is 2. The molecule has 0 radical (unpaired) electrons. The molecule has 3 rings (SSSR count). The van der Waals surface area contributed by atoms with Gasteiger partial charge in [-0.2, -0.15) is 0 Å². The first-order chi connectivity index (χ1) is 15.9. The van der Waals surface area contributed by atoms with Crippen LogP contribution in [-0.4, -0.2) is 55.0 Å². The fourth-order valence-corrected chi connectivity index (χ4v) is 6.02. The van der Waals surface area contributed by atoms with Gasteiger partial charge in [0.05, 0.1) is 6.61 Å². The van der Waals surface area contributed by atoms with Gasteiger partial charge in [0.2, 0.25) is 4.58 Å². The monoisotopic (exact) mass is 562 g/mol. The number of aromatic nitrogens is 3. The predicted molar refractivity (Wildman–Crippen MR) is 123 cm³/mol. The van der Waals surface area contributed by atoms with Crippen molar-refractivity contribution in [1.29, 1.82) is 0 Å². The zero-order valence-electron chi connectivity index (χ0n) is 18.4. The van der Waals surface area contributed by atoms with Crippen LogP contribution in [0.1, 0.15) is 25.6 Å². The van der Waals surface area contributed by atoms with Gasteiger partial charge in [-0.3, -0.25) is 28.7 Å². The molecule has 1 aliphatic heterocycles. The third-order valence-electron chi connectivity index (χ3n) is 5.39. The molecule has 2 aromatic heterocycles. The number of Topliss-reactive ketones (excluding diaryl/α,β-unsaturated/α-hetero) is 1. The molecule has 0 saturated carbocycles. The number of aromatic amines is 1. The maximum Gasteiger partial charge on any atom is 0.330 e. The van der Waals surface area contributed by atoms with Crippen LogP contribution in [-0.2, 0) is 25.2 Å². The van der Waals surface area contributed by atoms with Crippen molar-refractivity contribution in [2.75, 3.05) is 12.8 Å². The van der Waals surface area contributed by atoms with E-state index in [1.807, 2.05) is 4.98 Å². The first-order valence-electron chi connectivity index (χ1n) is 10.3. The van der Waals surface area contributed by atoms with Crippen LogP contribution in [0.15, 0.2) is 46.4 Å². The molecule has 2 unspecified atom stereocenters. The summed E-state index contributed by atoms with van der Waals surface area (Å²) in [5.74, 6) is -0.782. The van der Waals surface area contributed by atoms with Gasteiger partial charge >= 0.3 is 5.69 Å². The highest BCUT2D eigenvalue weighted by Crippen LogP contribution is 2.49. The maximum atomic E-state index is 15.3. The Morgan fingerprint density at radius 2 is 2.24 bits per heavy atom. The van der Waals surface area contributed by atoms with Crippen LogP contribution in [0.25, 0.3) is 0 Å². The Labute approximate surface area is 202 Å². The molecule has 0 amide bonds. The summed E-state index contributed by atoms with van der Waals surface area (Å²) in [6.07, 6.45) is -0.717. The number of rotatable bonds is 10. The summed E-state index contributed by atoms with van der Waals surface area (Å²) < 4.78 is 38.1. The number of hydrogen-bond acceptors (Lipinski definition) is 8. The van der Waals surface area contributed by atoms with Crippen molar-refractivity contribution in [3.8, 4) is 0 Å². The largest absolute Gasteiger partial charge is 0.386 e. The lowest BCUT2D eigenvalue weighted by Gasteiger charge is -2.24. The van der Waals surface area contributed by atoms with Crippen molar-refractivity contribution in [1.82, 2.24) is 19.6 Å². The molecule has 3 N–H and O–H groups in total. The van der Waals surface area contributed by atoms with Gasteiger partial charge in [-0.1, -0.05) is 13.0 Å². The Bertz CT molecular complexity index is 1180. The summed E-state index contributed by atoms with van der Waals surface area (Å²) in [7, 11) is -3.67. The van der Waals surface area contributed by atoms with Crippen molar-refractivity contribution in [3.63, 3.8) is 0 Å². The summed E-state index contributed by atoms with van der Waals surface area (Å²) in [5.41, 5.74) is -0.898. The highest BCUT2D eigenvalue weighted by atomic mass is 79.9. The van der Waals surface area contributed by atoms with Crippen molar-refractivity contribution in [2.45, 2.75) is 43.4 Å². The highest BCUT2D eigenvalue weighted by molar-refractivity contribution is 9.10. The number of hydrogen-bond donors (Lipinski definition) is 3. The maximum absolute atomic E-state index is 15.3. The smallest absolute Gasteiger partial charge is 0.330 e. The second kappa shape index (κ2) is 10.7. The first-order valence-corrected chi connectivity index (χ1v) is 12.9. The van der Waals surface area contributed by atoms with Crippen LogP contribution >= 0.6 is 23.4 Å². The van der Waals surface area contributed by atoms with E-state index in [2.05, 4.69) is 26.0 Å². The number of ether oxygens (including phenoxy) is 1. The Hall–Kier alpha value is -2.02. The summed E-state index contributed by atoms with van der Waals surface area (Å²) in [6.45, 7) is 2.60. The predicted octanol–water partition coefficient (Wildman–Crippen LogP) is 1.48. The standard InChI is InChI=1S/C20H25BrFN4O7P/c1-12(13(2)27)11-34(31,24-9-14-4-3-6-23-8-14)32-10-15-17(29)20(21,22)18(33-15)26-7-5-16(28)25-19(26)30/h3-8,12,15,17-18,29H,9-11H2,1-2H3,(H,24,31)(H,25,28,30)/t12-,15-,17?,18-,20-,34?/m1/s1. The van der Waals surface area contributed by atoms with Crippen molar-refractivity contribution >= 4 is 29.2 Å². The zero-order chi connectivity index (χ0) is 25.1. The Balaban J connectivity index is 1.76. The summed E-state index contributed by atoms with van der Waals surface area (Å²) in [6, 6.07) is 4.47. The van der Waals surface area contributed by atoms with Crippen LogP contribution in [0, 0.1) is 5.92 Å². The zero-order valence-corrected chi connectivity index (χ0v) is 20.9. The molecule has 1 fully saturated rings. The van der Waals surface area contributed by atoms with Crippen molar-refractivity contribution < 1.29 is 28.1 Å². The lowest BCUT2D eigenvalue weighted by molar-refractivity contribution is -0.119. The van der Waals surface area contributed by atoms with Gasteiger partial charge in [-0.15, -0.1) is 0 Å². The van der Waals surface area contributed by atoms with Crippen LogP contribution in [0.5, 0.6) is 0 Å². The summed E-state index contributed by atoms with van der Waals surface area (Å²) in [4.78, 5) is 41.1. The molecule has 186 valence electrons. The van der Waals surface area contributed by atoms with E-state index < -0.39 is 54.3 Å². The van der Waals surface area contributed by atoms with E-state index >= 15 is 4.39 Å². The Morgan fingerprint density at radius 3 is 2.85 bits per heavy atom. The molecular formula is C20H25BrFN4O7P. The van der Waals surface area contributed by atoms with E-state index in [9.17, 15) is 24.1 Å². The van der Waals surface area contributed by atoms with Gasteiger partial charge in [0.25, 0.3) is 13.1 Å². The van der Waals surface area contributed by atoms with Crippen LogP contribution in [0.4, 0.5) is 4.39 Å². The molecule has 6 atom stereocenters. The fraction of sp³-hybridized carbons (Fsp3) is 0.500. The van der Waals surface area contributed by atoms with E-state index in [-0.39, 0.29) is 18.5 Å². The number of aliphatic hydroxyl groups excluding tert-OH is 1. The molecule has 0 aromatic carbocycles. The number of alkyl halides is 2. The molecule has 0 spiro atoms. The van der Waals surface area contributed by atoms with Crippen LogP contribution < -0.4 is 16.3 Å². The summed E-state index contributed by atoms with van der Waals surface area (Å²) in [5, 5.41) is 13.3. The number of aliphatic hydroxyl groups is 1. The van der Waals surface area contributed by atoms with Crippen molar-refractivity contribution in [3.05, 3.63) is 63.2 Å².